The first kappa shape index (κ1) is 23.0. The van der Waals surface area contributed by atoms with Gasteiger partial charge in [0.2, 0.25) is 10.0 Å². The molecular weight excluding hydrogens is 463 g/mol. The molecule has 4 aromatic rings. The second kappa shape index (κ2) is 8.64. The minimum absolute atomic E-state index is 0.00798. The van der Waals surface area contributed by atoms with Crippen LogP contribution in [-0.2, 0) is 10.0 Å². The summed E-state index contributed by atoms with van der Waals surface area (Å²) in [5.41, 5.74) is 1.74. The number of amides is 1. The molecule has 0 fully saturated rings. The minimum atomic E-state index is -3.71. The van der Waals surface area contributed by atoms with Gasteiger partial charge in [-0.3, -0.25) is 9.52 Å². The van der Waals surface area contributed by atoms with Gasteiger partial charge < -0.3 is 14.8 Å². The summed E-state index contributed by atoms with van der Waals surface area (Å²) in [6.07, 6.45) is 0.983. The summed E-state index contributed by atoms with van der Waals surface area (Å²) >= 11 is 0. The van der Waals surface area contributed by atoms with Crippen LogP contribution in [0.15, 0.2) is 65.1 Å². The molecule has 3 aromatic carbocycles. The van der Waals surface area contributed by atoms with Gasteiger partial charge in [0, 0.05) is 29.6 Å². The van der Waals surface area contributed by atoms with E-state index in [2.05, 4.69) is 10.0 Å². The molecule has 1 amide bonds. The Balaban J connectivity index is 2.05. The number of furan rings is 1. The standard InChI is InChI=1S/C24H19FN2O6S/c1-26-23(28)21-18-11-17(14-4-3-5-15(10-14)24(29)30)19(27-34(2,31)32)12-20(18)33-22(21)13-6-8-16(25)9-7-13/h3-12,27H,1-2H3,(H,26,28)(H,29,30). The summed E-state index contributed by atoms with van der Waals surface area (Å²) in [5, 5.41) is 12.3. The molecule has 1 aromatic heterocycles. The molecule has 0 aliphatic carbocycles. The van der Waals surface area contributed by atoms with Crippen LogP contribution in [0.25, 0.3) is 33.4 Å². The van der Waals surface area contributed by atoms with Crippen molar-refractivity contribution in [1.29, 1.82) is 0 Å². The number of anilines is 1. The molecular formula is C24H19FN2O6S. The molecule has 1 heterocycles. The van der Waals surface area contributed by atoms with E-state index in [0.717, 1.165) is 6.26 Å². The first-order chi connectivity index (χ1) is 16.1. The number of nitrogens with one attached hydrogen (secondary N) is 2. The number of hydrogen-bond acceptors (Lipinski definition) is 5. The van der Waals surface area contributed by atoms with Gasteiger partial charge in [0.25, 0.3) is 5.91 Å². The lowest BCUT2D eigenvalue weighted by Gasteiger charge is -2.12. The van der Waals surface area contributed by atoms with Crippen LogP contribution in [-0.4, -0.2) is 38.7 Å². The van der Waals surface area contributed by atoms with E-state index < -0.39 is 27.7 Å². The van der Waals surface area contributed by atoms with Gasteiger partial charge in [0.05, 0.1) is 23.1 Å². The number of hydrogen-bond donors (Lipinski definition) is 3. The van der Waals surface area contributed by atoms with Crippen LogP contribution < -0.4 is 10.0 Å². The van der Waals surface area contributed by atoms with Gasteiger partial charge in [-0.15, -0.1) is 0 Å². The van der Waals surface area contributed by atoms with Gasteiger partial charge in [0.15, 0.2) is 0 Å². The zero-order valence-electron chi connectivity index (χ0n) is 18.0. The molecule has 10 heteroatoms. The van der Waals surface area contributed by atoms with Gasteiger partial charge >= 0.3 is 5.97 Å². The van der Waals surface area contributed by atoms with Crippen LogP contribution >= 0.6 is 0 Å². The number of fused-ring (bicyclic) bond motifs is 1. The largest absolute Gasteiger partial charge is 0.478 e. The lowest BCUT2D eigenvalue weighted by atomic mass is 9.97. The highest BCUT2D eigenvalue weighted by Crippen LogP contribution is 2.40. The summed E-state index contributed by atoms with van der Waals surface area (Å²) < 4.78 is 45.9. The van der Waals surface area contributed by atoms with Crippen molar-refractivity contribution in [3.05, 3.63) is 77.6 Å². The van der Waals surface area contributed by atoms with Crippen molar-refractivity contribution >= 4 is 38.6 Å². The van der Waals surface area contributed by atoms with Crippen molar-refractivity contribution in [2.45, 2.75) is 0 Å². The van der Waals surface area contributed by atoms with Crippen LogP contribution in [0.1, 0.15) is 20.7 Å². The highest BCUT2D eigenvalue weighted by molar-refractivity contribution is 7.92. The Hall–Kier alpha value is -4.18. The highest BCUT2D eigenvalue weighted by Gasteiger charge is 2.24. The van der Waals surface area contributed by atoms with Crippen molar-refractivity contribution in [2.24, 2.45) is 0 Å². The maximum Gasteiger partial charge on any atom is 0.335 e. The minimum Gasteiger partial charge on any atom is -0.478 e. The summed E-state index contributed by atoms with van der Waals surface area (Å²) in [7, 11) is -2.26. The molecule has 0 radical (unpaired) electrons. The van der Waals surface area contributed by atoms with E-state index in [9.17, 15) is 27.5 Å². The van der Waals surface area contributed by atoms with Crippen LogP contribution in [0, 0.1) is 5.82 Å². The van der Waals surface area contributed by atoms with Gasteiger partial charge in [-0.2, -0.15) is 0 Å². The van der Waals surface area contributed by atoms with Crippen molar-refractivity contribution in [3.8, 4) is 22.5 Å². The molecule has 0 saturated carbocycles. The summed E-state index contributed by atoms with van der Waals surface area (Å²) in [5.74, 6) is -1.89. The fraction of sp³-hybridized carbons (Fsp3) is 0.0833. The van der Waals surface area contributed by atoms with E-state index in [0.29, 0.717) is 22.1 Å². The number of halogens is 1. The topological polar surface area (TPSA) is 126 Å². The van der Waals surface area contributed by atoms with Gasteiger partial charge in [-0.1, -0.05) is 12.1 Å². The molecule has 0 spiro atoms. The van der Waals surface area contributed by atoms with E-state index in [1.807, 2.05) is 0 Å². The number of rotatable bonds is 6. The molecule has 174 valence electrons. The van der Waals surface area contributed by atoms with E-state index in [1.54, 1.807) is 12.1 Å². The van der Waals surface area contributed by atoms with Crippen molar-refractivity contribution in [1.82, 2.24) is 5.32 Å². The Morgan fingerprint density at radius 2 is 1.71 bits per heavy atom. The van der Waals surface area contributed by atoms with Crippen LogP contribution in [0.4, 0.5) is 10.1 Å². The zero-order chi connectivity index (χ0) is 24.6. The lowest BCUT2D eigenvalue weighted by molar-refractivity contribution is 0.0696. The second-order valence-electron chi connectivity index (χ2n) is 7.55. The lowest BCUT2D eigenvalue weighted by Crippen LogP contribution is -2.18. The Bertz CT molecular complexity index is 1540. The Morgan fingerprint density at radius 1 is 1.00 bits per heavy atom. The molecule has 34 heavy (non-hydrogen) atoms. The quantitative estimate of drug-likeness (QED) is 0.376. The maximum absolute atomic E-state index is 13.5. The zero-order valence-corrected chi connectivity index (χ0v) is 18.9. The molecule has 0 unspecified atom stereocenters. The van der Waals surface area contributed by atoms with Crippen molar-refractivity contribution in [3.63, 3.8) is 0 Å². The van der Waals surface area contributed by atoms with Crippen LogP contribution in [0.3, 0.4) is 0 Å². The predicted molar refractivity (Wildman–Crippen MR) is 126 cm³/mol. The van der Waals surface area contributed by atoms with Crippen molar-refractivity contribution in [2.75, 3.05) is 18.0 Å². The molecule has 0 aliphatic heterocycles. The van der Waals surface area contributed by atoms with Gasteiger partial charge in [-0.25, -0.2) is 17.6 Å². The predicted octanol–water partition coefficient (Wildman–Crippen LogP) is 4.34. The third-order valence-corrected chi connectivity index (χ3v) is 5.70. The molecule has 0 saturated heterocycles. The number of carboxylic acid groups (broad SMARTS) is 1. The number of carboxylic acids is 1. The van der Waals surface area contributed by atoms with E-state index in [1.165, 1.54) is 55.6 Å². The average Bonchev–Trinajstić information content (AvgIpc) is 3.15. The Labute approximate surface area is 194 Å². The molecule has 4 rings (SSSR count). The molecule has 8 nitrogen and oxygen atoms in total. The fourth-order valence-electron chi connectivity index (χ4n) is 3.64. The highest BCUT2D eigenvalue weighted by atomic mass is 32.2. The third-order valence-electron chi connectivity index (χ3n) is 5.10. The summed E-state index contributed by atoms with van der Waals surface area (Å²) in [6.45, 7) is 0. The van der Waals surface area contributed by atoms with Crippen LogP contribution in [0.2, 0.25) is 0 Å². The van der Waals surface area contributed by atoms with Gasteiger partial charge in [-0.05, 0) is 48.0 Å². The number of carbonyl (C=O) groups excluding carboxylic acids is 1. The van der Waals surface area contributed by atoms with Crippen molar-refractivity contribution < 1.29 is 31.9 Å². The first-order valence-electron chi connectivity index (χ1n) is 9.97. The van der Waals surface area contributed by atoms with E-state index in [4.69, 9.17) is 4.42 Å². The Kier molecular flexibility index (Phi) is 5.84. The van der Waals surface area contributed by atoms with Crippen LogP contribution in [0.5, 0.6) is 0 Å². The monoisotopic (exact) mass is 482 g/mol. The molecule has 0 aliphatic rings. The maximum atomic E-state index is 13.5. The third kappa shape index (κ3) is 4.48. The normalized spacial score (nSPS) is 11.4. The molecule has 0 atom stereocenters. The van der Waals surface area contributed by atoms with E-state index >= 15 is 0 Å². The second-order valence-corrected chi connectivity index (χ2v) is 9.29. The van der Waals surface area contributed by atoms with E-state index in [-0.39, 0.29) is 28.2 Å². The number of benzene rings is 3. The number of aromatic carboxylic acids is 1. The summed E-state index contributed by atoms with van der Waals surface area (Å²) in [6, 6.07) is 14.4. The average molecular weight is 482 g/mol. The summed E-state index contributed by atoms with van der Waals surface area (Å²) in [4.78, 5) is 24.3. The fourth-order valence-corrected chi connectivity index (χ4v) is 4.21. The number of carbonyl (C=O) groups is 2. The first-order valence-corrected chi connectivity index (χ1v) is 11.9. The van der Waals surface area contributed by atoms with Gasteiger partial charge in [0.1, 0.15) is 17.2 Å². The number of sulfonamides is 1. The SMILES string of the molecule is CNC(=O)c1c(-c2ccc(F)cc2)oc2cc(NS(C)(=O)=O)c(-c3cccc(C(=O)O)c3)cc12. The molecule has 3 N–H and O–H groups in total. The Morgan fingerprint density at radius 3 is 2.32 bits per heavy atom. The smallest absolute Gasteiger partial charge is 0.335 e. The molecule has 0 bridgehead atoms.